The van der Waals surface area contributed by atoms with Gasteiger partial charge in [-0.15, -0.1) is 0 Å². The van der Waals surface area contributed by atoms with E-state index >= 15 is 0 Å². The molecule has 0 aliphatic carbocycles. The van der Waals surface area contributed by atoms with E-state index < -0.39 is 5.63 Å². The number of rotatable bonds is 2. The molecular weight excluding hydrogens is 302 g/mol. The monoisotopic (exact) mass is 311 g/mol. The molecule has 0 aliphatic rings. The molecule has 1 aromatic heterocycles. The van der Waals surface area contributed by atoms with Gasteiger partial charge in [-0.1, -0.05) is 23.7 Å². The maximum absolute atomic E-state index is 12.0. The first-order chi connectivity index (χ1) is 10.6. The molecule has 0 amide bonds. The van der Waals surface area contributed by atoms with Crippen molar-refractivity contribution in [3.63, 3.8) is 0 Å². The third-order valence-electron chi connectivity index (χ3n) is 3.36. The Labute approximate surface area is 131 Å². The van der Waals surface area contributed by atoms with Crippen LogP contribution in [0.1, 0.15) is 5.56 Å². The Kier molecular flexibility index (Phi) is 3.58. The second-order valence-electron chi connectivity index (χ2n) is 4.62. The molecule has 2 aromatic carbocycles. The number of halogens is 1. The van der Waals surface area contributed by atoms with Gasteiger partial charge < -0.3 is 9.15 Å². The lowest BCUT2D eigenvalue weighted by Gasteiger charge is -2.09. The zero-order valence-corrected chi connectivity index (χ0v) is 12.3. The van der Waals surface area contributed by atoms with Crippen molar-refractivity contribution < 1.29 is 9.15 Å². The number of fused-ring (bicyclic) bond motifs is 1. The number of ether oxygens (including phenoxy) is 1. The number of benzene rings is 2. The normalized spacial score (nSPS) is 10.4. The molecule has 0 spiro atoms. The Morgan fingerprint density at radius 1 is 1.18 bits per heavy atom. The zero-order chi connectivity index (χ0) is 15.7. The largest absolute Gasteiger partial charge is 0.497 e. The maximum Gasteiger partial charge on any atom is 0.354 e. The smallest absolute Gasteiger partial charge is 0.354 e. The number of methoxy groups -OCH3 is 1. The highest BCUT2D eigenvalue weighted by molar-refractivity contribution is 6.30. The van der Waals surface area contributed by atoms with Crippen LogP contribution in [-0.2, 0) is 0 Å². The van der Waals surface area contributed by atoms with E-state index in [1.165, 1.54) is 0 Å². The van der Waals surface area contributed by atoms with Crippen molar-refractivity contribution >= 4 is 22.6 Å². The van der Waals surface area contributed by atoms with Crippen LogP contribution in [-0.4, -0.2) is 7.11 Å². The molecule has 0 unspecified atom stereocenters. The van der Waals surface area contributed by atoms with Crippen molar-refractivity contribution in [2.24, 2.45) is 0 Å². The van der Waals surface area contributed by atoms with E-state index in [9.17, 15) is 10.1 Å². The van der Waals surface area contributed by atoms with Gasteiger partial charge in [-0.25, -0.2) is 4.79 Å². The summed E-state index contributed by atoms with van der Waals surface area (Å²) < 4.78 is 10.4. The summed E-state index contributed by atoms with van der Waals surface area (Å²) in [6.07, 6.45) is 0. The topological polar surface area (TPSA) is 63.2 Å². The van der Waals surface area contributed by atoms with E-state index in [0.29, 0.717) is 32.9 Å². The van der Waals surface area contributed by atoms with Crippen molar-refractivity contribution in [2.75, 3.05) is 7.11 Å². The Balaban J connectivity index is 2.45. The van der Waals surface area contributed by atoms with Gasteiger partial charge in [-0.3, -0.25) is 0 Å². The fraction of sp³-hybridized carbons (Fsp3) is 0.0588. The third-order valence-corrected chi connectivity index (χ3v) is 3.61. The van der Waals surface area contributed by atoms with Crippen LogP contribution >= 0.6 is 11.6 Å². The number of nitriles is 1. The van der Waals surface area contributed by atoms with Gasteiger partial charge in [0.25, 0.3) is 0 Å². The van der Waals surface area contributed by atoms with E-state index in [2.05, 4.69) is 0 Å². The molecule has 0 bridgehead atoms. The molecule has 0 N–H and O–H groups in total. The number of hydrogen-bond acceptors (Lipinski definition) is 4. The molecule has 0 saturated carbocycles. The molecule has 0 fully saturated rings. The van der Waals surface area contributed by atoms with Gasteiger partial charge in [0.05, 0.1) is 7.11 Å². The second kappa shape index (κ2) is 5.55. The molecule has 1 heterocycles. The van der Waals surface area contributed by atoms with Gasteiger partial charge in [0.2, 0.25) is 0 Å². The van der Waals surface area contributed by atoms with E-state index in [1.807, 2.05) is 6.07 Å². The quantitative estimate of drug-likeness (QED) is 0.671. The van der Waals surface area contributed by atoms with Crippen LogP contribution in [0.25, 0.3) is 22.1 Å². The summed E-state index contributed by atoms with van der Waals surface area (Å²) >= 11 is 5.90. The molecule has 0 radical (unpaired) electrons. The first-order valence-electron chi connectivity index (χ1n) is 6.45. The van der Waals surface area contributed by atoms with Crippen LogP contribution in [0, 0.1) is 11.3 Å². The van der Waals surface area contributed by atoms with Crippen molar-refractivity contribution in [3.8, 4) is 22.9 Å². The fourth-order valence-electron chi connectivity index (χ4n) is 2.33. The zero-order valence-electron chi connectivity index (χ0n) is 11.6. The van der Waals surface area contributed by atoms with E-state index in [1.54, 1.807) is 49.6 Å². The molecule has 0 aliphatic heterocycles. The Bertz CT molecular complexity index is 953. The van der Waals surface area contributed by atoms with E-state index in [0.717, 1.165) is 0 Å². The van der Waals surface area contributed by atoms with Crippen molar-refractivity contribution in [2.45, 2.75) is 0 Å². The van der Waals surface area contributed by atoms with Gasteiger partial charge >= 0.3 is 5.63 Å². The molecule has 3 aromatic rings. The molecule has 0 saturated heterocycles. The lowest BCUT2D eigenvalue weighted by atomic mass is 9.97. The SMILES string of the molecule is COc1ccc2oc(=O)c(C#N)c(-c3ccc(Cl)cc3)c2c1. The highest BCUT2D eigenvalue weighted by Gasteiger charge is 2.16. The van der Waals surface area contributed by atoms with Crippen LogP contribution in [0.15, 0.2) is 51.7 Å². The van der Waals surface area contributed by atoms with Crippen LogP contribution < -0.4 is 10.4 Å². The Morgan fingerprint density at radius 2 is 1.91 bits per heavy atom. The highest BCUT2D eigenvalue weighted by Crippen LogP contribution is 2.33. The lowest BCUT2D eigenvalue weighted by molar-refractivity contribution is 0.415. The van der Waals surface area contributed by atoms with Gasteiger partial charge in [0.1, 0.15) is 23.0 Å². The first kappa shape index (κ1) is 14.2. The highest BCUT2D eigenvalue weighted by atomic mass is 35.5. The maximum atomic E-state index is 12.0. The summed E-state index contributed by atoms with van der Waals surface area (Å²) in [5.41, 5.74) is 0.930. The minimum absolute atomic E-state index is 0.0388. The summed E-state index contributed by atoms with van der Waals surface area (Å²) in [5.74, 6) is 0.612. The molecule has 108 valence electrons. The number of nitrogens with zero attached hydrogens (tertiary/aromatic N) is 1. The van der Waals surface area contributed by atoms with Crippen LogP contribution in [0.4, 0.5) is 0 Å². The summed E-state index contributed by atoms with van der Waals surface area (Å²) in [4.78, 5) is 12.0. The molecule has 22 heavy (non-hydrogen) atoms. The van der Waals surface area contributed by atoms with Gasteiger partial charge in [-0.05, 0) is 35.9 Å². The average Bonchev–Trinajstić information content (AvgIpc) is 2.54. The lowest BCUT2D eigenvalue weighted by Crippen LogP contribution is -2.06. The minimum Gasteiger partial charge on any atom is -0.497 e. The van der Waals surface area contributed by atoms with Crippen LogP contribution in [0.5, 0.6) is 5.75 Å². The minimum atomic E-state index is -0.662. The van der Waals surface area contributed by atoms with Crippen LogP contribution in [0.2, 0.25) is 5.02 Å². The summed E-state index contributed by atoms with van der Waals surface area (Å²) in [5, 5.41) is 10.5. The van der Waals surface area contributed by atoms with Gasteiger partial charge in [0, 0.05) is 16.0 Å². The first-order valence-corrected chi connectivity index (χ1v) is 6.82. The van der Waals surface area contributed by atoms with Crippen molar-refractivity contribution in [1.29, 1.82) is 5.26 Å². The van der Waals surface area contributed by atoms with Gasteiger partial charge in [-0.2, -0.15) is 5.26 Å². The van der Waals surface area contributed by atoms with E-state index in [-0.39, 0.29) is 5.56 Å². The number of hydrogen-bond donors (Lipinski definition) is 0. The summed E-state index contributed by atoms with van der Waals surface area (Å²) in [6, 6.07) is 13.9. The third kappa shape index (κ3) is 2.32. The predicted octanol–water partition coefficient (Wildman–Crippen LogP) is 3.99. The predicted molar refractivity (Wildman–Crippen MR) is 84.2 cm³/mol. The van der Waals surface area contributed by atoms with Crippen molar-refractivity contribution in [3.05, 3.63) is 63.5 Å². The Hall–Kier alpha value is -2.77. The average molecular weight is 312 g/mol. The van der Waals surface area contributed by atoms with E-state index in [4.69, 9.17) is 20.8 Å². The molecule has 3 rings (SSSR count). The van der Waals surface area contributed by atoms with Gasteiger partial charge in [0.15, 0.2) is 0 Å². The molecule has 5 heteroatoms. The molecular formula is C17H10ClNO3. The van der Waals surface area contributed by atoms with Crippen molar-refractivity contribution in [1.82, 2.24) is 0 Å². The molecule has 4 nitrogen and oxygen atoms in total. The summed E-state index contributed by atoms with van der Waals surface area (Å²) in [6.45, 7) is 0. The molecule has 0 atom stereocenters. The summed E-state index contributed by atoms with van der Waals surface area (Å²) in [7, 11) is 1.55. The van der Waals surface area contributed by atoms with Crippen LogP contribution in [0.3, 0.4) is 0 Å². The Morgan fingerprint density at radius 3 is 2.55 bits per heavy atom. The standard InChI is InChI=1S/C17H10ClNO3/c1-21-12-6-7-15-13(8-12)16(14(9-19)17(20)22-15)10-2-4-11(18)5-3-10/h2-8H,1H3. The fourth-order valence-corrected chi connectivity index (χ4v) is 2.45. The second-order valence-corrected chi connectivity index (χ2v) is 5.06.